The summed E-state index contributed by atoms with van der Waals surface area (Å²) in [6.07, 6.45) is 1.72. The molecular formula is C20H22N4O2. The molecule has 1 N–H and O–H groups in total. The molecule has 0 unspecified atom stereocenters. The number of oxime groups is 1. The molecule has 1 heterocycles. The molecule has 0 aliphatic rings. The first-order valence-electron chi connectivity index (χ1n) is 8.43. The molecule has 0 atom stereocenters. The Bertz CT molecular complexity index is 852. The largest absolute Gasteiger partial charge is 0.391 e. The van der Waals surface area contributed by atoms with Gasteiger partial charge in [0.05, 0.1) is 12.7 Å². The van der Waals surface area contributed by atoms with Crippen LogP contribution in [0.5, 0.6) is 0 Å². The Morgan fingerprint density at radius 2 is 1.73 bits per heavy atom. The van der Waals surface area contributed by atoms with Gasteiger partial charge in [0.2, 0.25) is 0 Å². The molecule has 0 aliphatic carbocycles. The second-order valence-electron chi connectivity index (χ2n) is 6.52. The third kappa shape index (κ3) is 4.77. The predicted molar refractivity (Wildman–Crippen MR) is 99.5 cm³/mol. The Morgan fingerprint density at radius 3 is 2.35 bits per heavy atom. The van der Waals surface area contributed by atoms with Gasteiger partial charge >= 0.3 is 0 Å². The van der Waals surface area contributed by atoms with Gasteiger partial charge in [-0.25, -0.2) is 4.68 Å². The predicted octanol–water partition coefficient (Wildman–Crippen LogP) is 3.13. The molecule has 0 bridgehead atoms. The molecule has 0 radical (unpaired) electrons. The van der Waals surface area contributed by atoms with E-state index in [0.29, 0.717) is 18.8 Å². The van der Waals surface area contributed by atoms with Crippen LogP contribution in [0.1, 0.15) is 30.7 Å². The van der Waals surface area contributed by atoms with Crippen LogP contribution in [0.3, 0.4) is 0 Å². The number of aromatic nitrogens is 3. The summed E-state index contributed by atoms with van der Waals surface area (Å²) in [5.41, 5.74) is 2.20. The molecule has 0 amide bonds. The van der Waals surface area contributed by atoms with E-state index in [0.717, 1.165) is 16.8 Å². The van der Waals surface area contributed by atoms with Gasteiger partial charge in [0, 0.05) is 5.56 Å². The van der Waals surface area contributed by atoms with Gasteiger partial charge in [-0.3, -0.25) is 0 Å². The first-order valence-corrected chi connectivity index (χ1v) is 8.43. The topological polar surface area (TPSA) is 72.5 Å². The molecule has 0 aliphatic heterocycles. The van der Waals surface area contributed by atoms with Gasteiger partial charge in [0.15, 0.2) is 0 Å². The standard InChI is InChI=1S/C20H22N4O2/c1-20(2,25)19-14-24(23-21-19)13-18(17-11-7-4-8-12-17)22-26-15-16-9-5-3-6-10-16/h3-12,14,25H,13,15H2,1-2H3/b22-18+. The molecule has 6 heteroatoms. The summed E-state index contributed by atoms with van der Waals surface area (Å²) < 4.78 is 1.64. The molecule has 26 heavy (non-hydrogen) atoms. The zero-order chi connectivity index (χ0) is 18.4. The Kier molecular flexibility index (Phi) is 5.43. The van der Waals surface area contributed by atoms with Crippen molar-refractivity contribution in [3.05, 3.63) is 83.7 Å². The quantitative estimate of drug-likeness (QED) is 0.525. The minimum Gasteiger partial charge on any atom is -0.391 e. The number of aliphatic hydroxyl groups is 1. The zero-order valence-corrected chi connectivity index (χ0v) is 14.9. The second kappa shape index (κ2) is 7.93. The first kappa shape index (κ1) is 17.8. The van der Waals surface area contributed by atoms with Crippen LogP contribution in [-0.4, -0.2) is 25.8 Å². The third-order valence-corrected chi connectivity index (χ3v) is 3.83. The van der Waals surface area contributed by atoms with Crippen molar-refractivity contribution in [2.75, 3.05) is 0 Å². The summed E-state index contributed by atoms with van der Waals surface area (Å²) in [7, 11) is 0. The van der Waals surface area contributed by atoms with Gasteiger partial charge in [-0.2, -0.15) is 0 Å². The second-order valence-corrected chi connectivity index (χ2v) is 6.52. The summed E-state index contributed by atoms with van der Waals surface area (Å²) in [5, 5.41) is 22.5. The summed E-state index contributed by atoms with van der Waals surface area (Å²) >= 11 is 0. The molecule has 1 aromatic heterocycles. The Morgan fingerprint density at radius 1 is 1.08 bits per heavy atom. The van der Waals surface area contributed by atoms with Gasteiger partial charge in [-0.1, -0.05) is 71.0 Å². The third-order valence-electron chi connectivity index (χ3n) is 3.83. The maximum absolute atomic E-state index is 10.1. The monoisotopic (exact) mass is 350 g/mol. The number of benzene rings is 2. The van der Waals surface area contributed by atoms with E-state index in [1.807, 2.05) is 60.7 Å². The van der Waals surface area contributed by atoms with Crippen molar-refractivity contribution >= 4 is 5.71 Å². The van der Waals surface area contributed by atoms with Crippen molar-refractivity contribution < 1.29 is 9.94 Å². The van der Waals surface area contributed by atoms with E-state index >= 15 is 0 Å². The van der Waals surface area contributed by atoms with E-state index in [1.165, 1.54) is 0 Å². The molecule has 0 saturated heterocycles. The maximum Gasteiger partial charge on any atom is 0.142 e. The van der Waals surface area contributed by atoms with Crippen LogP contribution in [0.2, 0.25) is 0 Å². The number of hydrogen-bond donors (Lipinski definition) is 1. The lowest BCUT2D eigenvalue weighted by Gasteiger charge is -2.12. The molecule has 0 spiro atoms. The van der Waals surface area contributed by atoms with Crippen LogP contribution in [0.25, 0.3) is 0 Å². The fourth-order valence-electron chi connectivity index (χ4n) is 2.37. The van der Waals surface area contributed by atoms with Crippen molar-refractivity contribution in [3.63, 3.8) is 0 Å². The van der Waals surface area contributed by atoms with Crippen LogP contribution in [0.4, 0.5) is 0 Å². The highest BCUT2D eigenvalue weighted by atomic mass is 16.6. The molecule has 6 nitrogen and oxygen atoms in total. The fourth-order valence-corrected chi connectivity index (χ4v) is 2.37. The van der Waals surface area contributed by atoms with Crippen molar-refractivity contribution in [1.29, 1.82) is 0 Å². The summed E-state index contributed by atoms with van der Waals surface area (Å²) in [6.45, 7) is 4.14. The normalized spacial score (nSPS) is 12.2. The Balaban J connectivity index is 1.77. The van der Waals surface area contributed by atoms with Crippen LogP contribution in [0, 0.1) is 0 Å². The minimum absolute atomic E-state index is 0.391. The summed E-state index contributed by atoms with van der Waals surface area (Å²) in [5.74, 6) is 0. The van der Waals surface area contributed by atoms with Crippen molar-refractivity contribution in [2.24, 2.45) is 5.16 Å². The molecule has 3 rings (SSSR count). The zero-order valence-electron chi connectivity index (χ0n) is 14.9. The van der Waals surface area contributed by atoms with E-state index in [2.05, 4.69) is 15.5 Å². The fraction of sp³-hybridized carbons (Fsp3) is 0.250. The van der Waals surface area contributed by atoms with Gasteiger partial charge < -0.3 is 9.94 Å². The first-order chi connectivity index (χ1) is 12.5. The lowest BCUT2D eigenvalue weighted by molar-refractivity contribution is 0.0737. The number of nitrogens with zero attached hydrogens (tertiary/aromatic N) is 4. The van der Waals surface area contributed by atoms with Gasteiger partial charge in [0.1, 0.15) is 23.6 Å². The number of rotatable bonds is 7. The van der Waals surface area contributed by atoms with Gasteiger partial charge in [-0.05, 0) is 19.4 Å². The SMILES string of the molecule is CC(C)(O)c1cn(C/C(=N\OCc2ccccc2)c2ccccc2)nn1. The van der Waals surface area contributed by atoms with E-state index in [1.54, 1.807) is 24.7 Å². The van der Waals surface area contributed by atoms with E-state index in [4.69, 9.17) is 4.84 Å². The lowest BCUT2D eigenvalue weighted by Crippen LogP contribution is -2.16. The van der Waals surface area contributed by atoms with Crippen molar-refractivity contribution in [2.45, 2.75) is 32.6 Å². The lowest BCUT2D eigenvalue weighted by atomic mass is 10.1. The Hall–Kier alpha value is -2.99. The van der Waals surface area contributed by atoms with E-state index in [-0.39, 0.29) is 0 Å². The van der Waals surface area contributed by atoms with E-state index < -0.39 is 5.60 Å². The van der Waals surface area contributed by atoms with E-state index in [9.17, 15) is 5.11 Å². The summed E-state index contributed by atoms with van der Waals surface area (Å²) in [6, 6.07) is 19.7. The summed E-state index contributed by atoms with van der Waals surface area (Å²) in [4.78, 5) is 5.56. The highest BCUT2D eigenvalue weighted by Gasteiger charge is 2.20. The maximum atomic E-state index is 10.1. The highest BCUT2D eigenvalue weighted by Crippen LogP contribution is 2.16. The van der Waals surface area contributed by atoms with Crippen LogP contribution in [0.15, 0.2) is 72.0 Å². The molecule has 2 aromatic carbocycles. The molecule has 134 valence electrons. The van der Waals surface area contributed by atoms with Crippen molar-refractivity contribution in [3.8, 4) is 0 Å². The average molecular weight is 350 g/mol. The molecule has 0 fully saturated rings. The Labute approximate surface area is 152 Å². The van der Waals surface area contributed by atoms with Crippen LogP contribution >= 0.6 is 0 Å². The number of hydrogen-bond acceptors (Lipinski definition) is 5. The molecular weight excluding hydrogens is 328 g/mol. The van der Waals surface area contributed by atoms with Gasteiger partial charge in [0.25, 0.3) is 0 Å². The van der Waals surface area contributed by atoms with Gasteiger partial charge in [-0.15, -0.1) is 5.10 Å². The highest BCUT2D eigenvalue weighted by molar-refractivity contribution is 5.99. The van der Waals surface area contributed by atoms with Crippen molar-refractivity contribution in [1.82, 2.24) is 15.0 Å². The average Bonchev–Trinajstić information content (AvgIpc) is 3.12. The minimum atomic E-state index is -1.04. The smallest absolute Gasteiger partial charge is 0.142 e. The molecule has 0 saturated carbocycles. The molecule has 3 aromatic rings. The van der Waals surface area contributed by atoms with Crippen LogP contribution < -0.4 is 0 Å². The van der Waals surface area contributed by atoms with Crippen LogP contribution in [-0.2, 0) is 23.6 Å².